The van der Waals surface area contributed by atoms with E-state index < -0.39 is 0 Å². The number of furan rings is 7. The van der Waals surface area contributed by atoms with E-state index in [-0.39, 0.29) is 61.4 Å². The van der Waals surface area contributed by atoms with Crippen LogP contribution in [-0.2, 0) is 38.5 Å². The minimum Gasteiger partial charge on any atom is -0.460 e. The minimum absolute atomic E-state index is 0.00510. The van der Waals surface area contributed by atoms with Gasteiger partial charge in [0.15, 0.2) is 22.3 Å². The van der Waals surface area contributed by atoms with Crippen LogP contribution >= 0.6 is 34.0 Å². The summed E-state index contributed by atoms with van der Waals surface area (Å²) in [6, 6.07) is 52.0. The lowest BCUT2D eigenvalue weighted by Crippen LogP contribution is -2.62. The summed E-state index contributed by atoms with van der Waals surface area (Å²) >= 11 is 5.53. The van der Waals surface area contributed by atoms with E-state index in [1.165, 1.54) is 216 Å². The SMILES string of the molecule is Cc1cccc2c1N1C(C)c3c(oc4ccoc34)C1(C)C(C)(C)C2(C)C.Cc1cccc2c1N1C(C)c3c(oc4ccoc34)C1(C)C(C)(C)C2(C)C.Cc1ccccc1N1C(C)c2c(oc3ccsc23)C12C1CC3CC(C1)CC2C3.Cc1ccccc1N1C(C)c2c(oc3ccsc23)C12CCCC2.Cc1ccccc1N1C(C)c2c(oc3ccsc23)C12CCCCC2. The van der Waals surface area contributed by atoms with Gasteiger partial charge in [0.2, 0.25) is 0 Å². The van der Waals surface area contributed by atoms with Gasteiger partial charge in [0.25, 0.3) is 0 Å². The highest BCUT2D eigenvalue weighted by Gasteiger charge is 2.71. The number of rotatable bonds is 3. The van der Waals surface area contributed by atoms with Gasteiger partial charge in [0, 0.05) is 68.1 Å². The van der Waals surface area contributed by atoms with E-state index in [2.05, 4.69) is 307 Å². The van der Waals surface area contributed by atoms with E-state index in [1.807, 2.05) is 46.1 Å². The molecular weight excluding hydrogens is 1620 g/mol. The Labute approximate surface area is 761 Å². The molecule has 15 aromatic rings. The van der Waals surface area contributed by atoms with E-state index >= 15 is 0 Å². The van der Waals surface area contributed by atoms with Crippen molar-refractivity contribution in [3.05, 3.63) is 264 Å². The summed E-state index contributed by atoms with van der Waals surface area (Å²) in [6.07, 6.45) is 21.9. The van der Waals surface area contributed by atoms with Crippen LogP contribution in [0.3, 0.4) is 0 Å². The molecule has 0 N–H and O–H groups in total. The first kappa shape index (κ1) is 81.9. The van der Waals surface area contributed by atoms with Crippen LogP contribution < -0.4 is 24.5 Å². The van der Waals surface area contributed by atoms with Gasteiger partial charge in [-0.1, -0.05) is 178 Å². The number of fused-ring (bicyclic) bond motifs is 25. The van der Waals surface area contributed by atoms with Crippen molar-refractivity contribution in [2.45, 2.75) is 297 Å². The fourth-order valence-electron chi connectivity index (χ4n) is 29.2. The Hall–Kier alpha value is -9.54. The Morgan fingerprint density at radius 1 is 0.315 bits per heavy atom. The largest absolute Gasteiger partial charge is 0.460 e. The third-order valence-electron chi connectivity index (χ3n) is 36.5. The van der Waals surface area contributed by atoms with Crippen molar-refractivity contribution in [1.82, 2.24) is 0 Å². The molecule has 13 aliphatic rings. The third-order valence-corrected chi connectivity index (χ3v) is 39.3. The van der Waals surface area contributed by atoms with Gasteiger partial charge in [-0.2, -0.15) is 0 Å². The number of hydrogen-bond acceptors (Lipinski definition) is 15. The first-order valence-electron chi connectivity index (χ1n) is 47.8. The summed E-state index contributed by atoms with van der Waals surface area (Å²) in [4.78, 5) is 13.4. The maximum absolute atomic E-state index is 6.76. The molecule has 10 aromatic heterocycles. The topological polar surface area (TPSA) is 108 Å². The fourth-order valence-corrected chi connectivity index (χ4v) is 32.0. The Morgan fingerprint density at radius 2 is 0.646 bits per heavy atom. The van der Waals surface area contributed by atoms with Crippen molar-refractivity contribution in [2.24, 2.45) is 34.5 Å². The van der Waals surface area contributed by atoms with Crippen molar-refractivity contribution in [3.8, 4) is 0 Å². The standard InChI is InChI=1S/C25H27NOS.2C23H27NO2.C21H23NOS.C20H21NOS/c1-14-5-3-4-6-20(14)26-15(2)22-23-21(7-8-28-23)27-24(22)25(26)18-10-16-9-17(12-18)13-19(25)11-16;2*1-13-9-8-10-15-18(13)24-14(2)17-19-16(11-12-25-19)26-20(17)23(24,7)22(5,6)21(15,3)4;1-14-8-4-5-9-16(14)22-15(2)18-19-17(10-13-24-19)23-20(18)21(22)11-6-3-7-12-21;1-13-7-3-4-8-15(13)21-14(2)17-18-16(9-12-23-18)22-19(17)20(21)10-5-6-11-20/h3-8,15-19H,9-13H2,1-2H3;2*8-12,14H,1-7H3;4-5,8-10,13,15H,3,6-7,11-12H2,1-2H3;3-4,7-9,12,14H,5-6,10-11H2,1-2H3. The van der Waals surface area contributed by atoms with E-state index in [0.29, 0.717) is 18.1 Å². The summed E-state index contributed by atoms with van der Waals surface area (Å²) in [5, 5.41) is 6.51. The smallest absolute Gasteiger partial charge is 0.177 e. The van der Waals surface area contributed by atoms with Crippen LogP contribution in [0.25, 0.3) is 53.2 Å². The van der Waals surface area contributed by atoms with Crippen LogP contribution in [-0.4, -0.2) is 0 Å². The van der Waals surface area contributed by atoms with Crippen molar-refractivity contribution in [1.29, 1.82) is 0 Å². The van der Waals surface area contributed by atoms with Crippen molar-refractivity contribution in [3.63, 3.8) is 0 Å². The van der Waals surface area contributed by atoms with Crippen LogP contribution in [0.2, 0.25) is 0 Å². The second-order valence-electron chi connectivity index (χ2n) is 42.9. The predicted molar refractivity (Wildman–Crippen MR) is 522 cm³/mol. The molecular formula is C112H125N5O7S3. The summed E-state index contributed by atoms with van der Waals surface area (Å²) in [6.45, 7) is 46.7. The molecule has 6 aliphatic carbocycles. The lowest BCUT2D eigenvalue weighted by atomic mass is 9.48. The van der Waals surface area contributed by atoms with Crippen LogP contribution in [0.4, 0.5) is 28.4 Å². The Kier molecular flexibility index (Phi) is 18.2. The Bertz CT molecular complexity index is 6670. The Balaban J connectivity index is 0.0000000912. The molecule has 7 aliphatic heterocycles. The van der Waals surface area contributed by atoms with Gasteiger partial charge in [-0.25, -0.2) is 0 Å². The summed E-state index contributed by atoms with van der Waals surface area (Å²) in [5.74, 6) is 9.42. The molecule has 7 unspecified atom stereocenters. The van der Waals surface area contributed by atoms with Crippen molar-refractivity contribution >= 4 is 116 Å². The minimum atomic E-state index is -0.244. The second-order valence-corrected chi connectivity index (χ2v) is 45.7. The molecule has 28 rings (SSSR count). The number of aryl methyl sites for hydroxylation is 5. The van der Waals surface area contributed by atoms with Gasteiger partial charge in [-0.05, 0) is 267 Å². The molecule has 6 saturated carbocycles. The average molecular weight is 1750 g/mol. The zero-order valence-electron chi connectivity index (χ0n) is 78.1. The van der Waals surface area contributed by atoms with Crippen molar-refractivity contribution in [2.75, 3.05) is 24.5 Å². The Morgan fingerprint density at radius 3 is 1.04 bits per heavy atom. The number of benzene rings is 5. The monoisotopic (exact) mass is 1750 g/mol. The first-order chi connectivity index (χ1) is 60.9. The first-order valence-corrected chi connectivity index (χ1v) is 50.4. The second kappa shape index (κ2) is 28.2. The summed E-state index contributed by atoms with van der Waals surface area (Å²) in [7, 11) is 0. The molecule has 0 amide bonds. The van der Waals surface area contributed by atoms with Crippen molar-refractivity contribution < 1.29 is 30.9 Å². The van der Waals surface area contributed by atoms with E-state index in [4.69, 9.17) is 30.9 Å². The summed E-state index contributed by atoms with van der Waals surface area (Å²) in [5.41, 5.74) is 29.8. The molecule has 0 saturated heterocycles. The zero-order valence-corrected chi connectivity index (χ0v) is 80.5. The highest BCUT2D eigenvalue weighted by Crippen LogP contribution is 2.74. The molecule has 12 nitrogen and oxygen atoms in total. The van der Waals surface area contributed by atoms with Crippen LogP contribution in [0, 0.1) is 69.1 Å². The molecule has 15 heteroatoms. The lowest BCUT2D eigenvalue weighted by Gasteiger charge is -2.63. The van der Waals surface area contributed by atoms with Gasteiger partial charge in [0.05, 0.1) is 79.0 Å². The van der Waals surface area contributed by atoms with Gasteiger partial charge in [-0.15, -0.1) is 34.0 Å². The number of anilines is 5. The number of para-hydroxylation sites is 5. The molecule has 17 heterocycles. The quantitative estimate of drug-likeness (QED) is 0.168. The highest BCUT2D eigenvalue weighted by atomic mass is 32.1. The average Bonchev–Trinajstić information content (AvgIpc) is 1.57. The normalized spacial score (nSPS) is 28.2. The fraction of sp³-hybridized carbons (Fsp3) is 0.464. The maximum atomic E-state index is 6.76. The zero-order chi connectivity index (χ0) is 87.8. The van der Waals surface area contributed by atoms with Crippen LogP contribution in [0.15, 0.2) is 199 Å². The highest BCUT2D eigenvalue weighted by molar-refractivity contribution is 7.18. The molecule has 0 radical (unpaired) electrons. The van der Waals surface area contributed by atoms with Gasteiger partial charge < -0.3 is 55.4 Å². The van der Waals surface area contributed by atoms with Gasteiger partial charge in [-0.3, -0.25) is 0 Å². The van der Waals surface area contributed by atoms with E-state index in [1.54, 1.807) is 12.5 Å². The predicted octanol–water partition coefficient (Wildman–Crippen LogP) is 32.6. The number of hydrogen-bond donors (Lipinski definition) is 0. The number of nitrogens with zero attached hydrogens (tertiary/aromatic N) is 5. The van der Waals surface area contributed by atoms with Gasteiger partial charge in [0.1, 0.15) is 62.2 Å². The van der Waals surface area contributed by atoms with E-state index in [9.17, 15) is 0 Å². The number of thiophene rings is 3. The molecule has 3 spiro atoms. The third kappa shape index (κ3) is 10.5. The van der Waals surface area contributed by atoms with E-state index in [0.717, 1.165) is 74.3 Å². The van der Waals surface area contributed by atoms with Crippen LogP contribution in [0.1, 0.15) is 320 Å². The van der Waals surface area contributed by atoms with Gasteiger partial charge >= 0.3 is 0 Å². The molecule has 658 valence electrons. The van der Waals surface area contributed by atoms with Crippen LogP contribution in [0.5, 0.6) is 0 Å². The lowest BCUT2D eigenvalue weighted by molar-refractivity contribution is -0.0679. The molecule has 4 bridgehead atoms. The molecule has 127 heavy (non-hydrogen) atoms. The maximum Gasteiger partial charge on any atom is 0.177 e. The molecule has 6 fully saturated rings. The molecule has 5 aromatic carbocycles. The molecule has 7 atom stereocenters. The summed E-state index contributed by atoms with van der Waals surface area (Å²) < 4.78 is 48.3.